The second-order valence-corrected chi connectivity index (χ2v) is 7.75. The number of hydrogen-bond acceptors (Lipinski definition) is 6. The van der Waals surface area contributed by atoms with E-state index in [0.29, 0.717) is 23.7 Å². The van der Waals surface area contributed by atoms with Crippen molar-refractivity contribution >= 4 is 23.2 Å². The van der Waals surface area contributed by atoms with E-state index in [4.69, 9.17) is 15.7 Å². The molecule has 7 nitrogen and oxygen atoms in total. The summed E-state index contributed by atoms with van der Waals surface area (Å²) in [4.78, 5) is 30.2. The Labute approximate surface area is 185 Å². The summed E-state index contributed by atoms with van der Waals surface area (Å²) in [6.45, 7) is 0. The minimum absolute atomic E-state index is 0.0780. The van der Waals surface area contributed by atoms with Crippen LogP contribution in [0.1, 0.15) is 24.0 Å². The molecular weight excluding hydrogens is 400 g/mol. The van der Waals surface area contributed by atoms with Gasteiger partial charge in [0.1, 0.15) is 5.84 Å². The number of amides is 1. The van der Waals surface area contributed by atoms with Crippen molar-refractivity contribution < 1.29 is 4.79 Å². The molecule has 7 heteroatoms. The summed E-state index contributed by atoms with van der Waals surface area (Å²) < 4.78 is 0. The molecule has 2 unspecified atom stereocenters. The molecule has 158 valence electrons. The number of carbonyl (C=O) groups excluding carboxylic acids is 1. The fourth-order valence-corrected chi connectivity index (χ4v) is 4.05. The van der Waals surface area contributed by atoms with Crippen LogP contribution in [-0.2, 0) is 4.79 Å². The van der Waals surface area contributed by atoms with Crippen LogP contribution in [0.2, 0.25) is 0 Å². The van der Waals surface area contributed by atoms with Gasteiger partial charge in [-0.1, -0.05) is 30.4 Å². The monoisotopic (exact) mass is 422 g/mol. The van der Waals surface area contributed by atoms with Gasteiger partial charge in [-0.25, -0.2) is 4.99 Å². The van der Waals surface area contributed by atoms with Crippen molar-refractivity contribution in [2.45, 2.75) is 24.9 Å². The standard InChI is InChI=1S/C25H22N6O/c26-23(32)19-7-1-2-8-21(19)30-25-20-13-16(17-5-3-11-27-14-17)9-10-22(20)29-24(31-25)18-6-4-12-28-15-18/h1-7,9,11-15,21-22H,8,10H2,(H2,26,32)(H,29,30,31). The molecule has 0 saturated heterocycles. The Bertz CT molecular complexity index is 1220. The van der Waals surface area contributed by atoms with Gasteiger partial charge < -0.3 is 11.1 Å². The molecule has 2 aromatic heterocycles. The van der Waals surface area contributed by atoms with E-state index in [2.05, 4.69) is 27.4 Å². The first-order valence-corrected chi connectivity index (χ1v) is 10.5. The predicted molar refractivity (Wildman–Crippen MR) is 125 cm³/mol. The van der Waals surface area contributed by atoms with Crippen LogP contribution in [-0.4, -0.2) is 39.6 Å². The highest BCUT2D eigenvalue weighted by Gasteiger charge is 2.30. The lowest BCUT2D eigenvalue weighted by Crippen LogP contribution is -2.44. The number of fused-ring (bicyclic) bond motifs is 1. The maximum atomic E-state index is 12.0. The Hall–Kier alpha value is -4.13. The zero-order chi connectivity index (χ0) is 21.9. The molecule has 3 heterocycles. The third-order valence-electron chi connectivity index (χ3n) is 5.67. The van der Waals surface area contributed by atoms with E-state index >= 15 is 0 Å². The van der Waals surface area contributed by atoms with Crippen LogP contribution in [0.15, 0.2) is 101 Å². The van der Waals surface area contributed by atoms with E-state index in [0.717, 1.165) is 28.7 Å². The lowest BCUT2D eigenvalue weighted by molar-refractivity contribution is -0.114. The molecule has 0 radical (unpaired) electrons. The first kappa shape index (κ1) is 19.8. The minimum Gasteiger partial charge on any atom is -0.366 e. The van der Waals surface area contributed by atoms with Crippen LogP contribution in [0, 0.1) is 0 Å². The SMILES string of the molecule is NC(=O)C1=CC=CCC1NC1=NC(c2cccnc2)=NC2CC=C(c3cccnc3)C=C12. The number of nitrogens with two attached hydrogens (primary N) is 1. The minimum atomic E-state index is -0.436. The molecule has 3 aliphatic rings. The highest BCUT2D eigenvalue weighted by Crippen LogP contribution is 2.30. The molecular formula is C25H22N6O. The first-order chi connectivity index (χ1) is 15.7. The van der Waals surface area contributed by atoms with Crippen molar-refractivity contribution in [2.24, 2.45) is 15.7 Å². The van der Waals surface area contributed by atoms with Crippen molar-refractivity contribution in [1.82, 2.24) is 15.3 Å². The second kappa shape index (κ2) is 8.55. The Morgan fingerprint density at radius 3 is 2.56 bits per heavy atom. The van der Waals surface area contributed by atoms with Crippen molar-refractivity contribution in [3.05, 3.63) is 102 Å². The quantitative estimate of drug-likeness (QED) is 0.790. The normalized spacial score (nSPS) is 21.9. The van der Waals surface area contributed by atoms with Crippen molar-refractivity contribution in [3.8, 4) is 0 Å². The molecule has 2 aliphatic carbocycles. The zero-order valence-electron chi connectivity index (χ0n) is 17.3. The van der Waals surface area contributed by atoms with E-state index in [1.54, 1.807) is 24.7 Å². The number of rotatable bonds is 4. The van der Waals surface area contributed by atoms with Crippen LogP contribution in [0.25, 0.3) is 5.57 Å². The molecule has 0 aromatic carbocycles. The fourth-order valence-electron chi connectivity index (χ4n) is 4.05. The van der Waals surface area contributed by atoms with Gasteiger partial charge in [-0.2, -0.15) is 0 Å². The summed E-state index contributed by atoms with van der Waals surface area (Å²) in [6, 6.07) is 7.44. The van der Waals surface area contributed by atoms with E-state index < -0.39 is 5.91 Å². The molecule has 3 N–H and O–H groups in total. The van der Waals surface area contributed by atoms with E-state index in [1.807, 2.05) is 42.6 Å². The summed E-state index contributed by atoms with van der Waals surface area (Å²) in [7, 11) is 0. The maximum Gasteiger partial charge on any atom is 0.246 e. The average molecular weight is 422 g/mol. The molecule has 1 aliphatic heterocycles. The lowest BCUT2D eigenvalue weighted by atomic mass is 9.89. The van der Waals surface area contributed by atoms with Gasteiger partial charge in [0.2, 0.25) is 5.91 Å². The Morgan fingerprint density at radius 2 is 1.84 bits per heavy atom. The van der Waals surface area contributed by atoms with Gasteiger partial charge in [0.25, 0.3) is 0 Å². The van der Waals surface area contributed by atoms with E-state index in [1.165, 1.54) is 0 Å². The van der Waals surface area contributed by atoms with Crippen molar-refractivity contribution in [1.29, 1.82) is 0 Å². The van der Waals surface area contributed by atoms with Gasteiger partial charge in [0.05, 0.1) is 12.1 Å². The van der Waals surface area contributed by atoms with Crippen LogP contribution in [0.5, 0.6) is 0 Å². The largest absolute Gasteiger partial charge is 0.366 e. The summed E-state index contributed by atoms with van der Waals surface area (Å²) in [5, 5.41) is 3.48. The van der Waals surface area contributed by atoms with Gasteiger partial charge >= 0.3 is 0 Å². The predicted octanol–water partition coefficient (Wildman–Crippen LogP) is 2.75. The Balaban J connectivity index is 1.54. The maximum absolute atomic E-state index is 12.0. The van der Waals surface area contributed by atoms with Crippen LogP contribution < -0.4 is 11.1 Å². The molecule has 0 spiro atoms. The Morgan fingerprint density at radius 1 is 1.06 bits per heavy atom. The van der Waals surface area contributed by atoms with Gasteiger partial charge in [-0.15, -0.1) is 0 Å². The van der Waals surface area contributed by atoms with E-state index in [-0.39, 0.29) is 12.1 Å². The van der Waals surface area contributed by atoms with Crippen LogP contribution in [0.3, 0.4) is 0 Å². The molecule has 0 fully saturated rings. The van der Waals surface area contributed by atoms with Gasteiger partial charge in [-0.05, 0) is 48.3 Å². The third kappa shape index (κ3) is 3.92. The highest BCUT2D eigenvalue weighted by molar-refractivity contribution is 6.15. The number of aliphatic imine (C=N–C) groups is 2. The van der Waals surface area contributed by atoms with Crippen LogP contribution in [0.4, 0.5) is 0 Å². The van der Waals surface area contributed by atoms with Crippen molar-refractivity contribution in [2.75, 3.05) is 0 Å². The first-order valence-electron chi connectivity index (χ1n) is 10.5. The summed E-state index contributed by atoms with van der Waals surface area (Å²) in [6.07, 6.45) is 18.4. The molecule has 0 bridgehead atoms. The molecule has 1 amide bonds. The molecule has 5 rings (SSSR count). The number of allylic oxidation sites excluding steroid dienone is 4. The number of nitrogens with one attached hydrogen (secondary N) is 1. The zero-order valence-corrected chi connectivity index (χ0v) is 17.3. The topological polar surface area (TPSA) is 106 Å². The van der Waals surface area contributed by atoms with Crippen LogP contribution >= 0.6 is 0 Å². The Kier molecular flexibility index (Phi) is 5.29. The number of primary amides is 1. The molecule has 2 atom stereocenters. The molecule has 32 heavy (non-hydrogen) atoms. The number of amidine groups is 2. The summed E-state index contributed by atoms with van der Waals surface area (Å²) in [5.41, 5.74) is 10.1. The van der Waals surface area contributed by atoms with E-state index in [9.17, 15) is 4.79 Å². The summed E-state index contributed by atoms with van der Waals surface area (Å²) >= 11 is 0. The lowest BCUT2D eigenvalue weighted by Gasteiger charge is -2.30. The van der Waals surface area contributed by atoms with Gasteiger partial charge in [-0.3, -0.25) is 19.8 Å². The molecule has 0 saturated carbocycles. The second-order valence-electron chi connectivity index (χ2n) is 7.75. The number of carbonyl (C=O) groups is 1. The smallest absolute Gasteiger partial charge is 0.246 e. The number of aromatic nitrogens is 2. The third-order valence-corrected chi connectivity index (χ3v) is 5.67. The van der Waals surface area contributed by atoms with Gasteiger partial charge in [0, 0.05) is 41.5 Å². The highest BCUT2D eigenvalue weighted by atomic mass is 16.1. The summed E-state index contributed by atoms with van der Waals surface area (Å²) in [5.74, 6) is 0.886. The fraction of sp³-hybridized carbons (Fsp3) is 0.160. The number of pyridine rings is 2. The average Bonchev–Trinajstić information content (AvgIpc) is 2.85. The van der Waals surface area contributed by atoms with Crippen molar-refractivity contribution in [3.63, 3.8) is 0 Å². The number of nitrogens with zero attached hydrogens (tertiary/aromatic N) is 4. The van der Waals surface area contributed by atoms with Gasteiger partial charge in [0.15, 0.2) is 5.84 Å². The molecule has 2 aromatic rings. The number of hydrogen-bond donors (Lipinski definition) is 2.